The van der Waals surface area contributed by atoms with Gasteiger partial charge in [-0.2, -0.15) is 8.42 Å². The Morgan fingerprint density at radius 1 is 0.674 bits per heavy atom. The van der Waals surface area contributed by atoms with Crippen molar-refractivity contribution in [3.8, 4) is 0 Å². The van der Waals surface area contributed by atoms with Gasteiger partial charge in [0.25, 0.3) is 0 Å². The fourth-order valence-corrected chi connectivity index (χ4v) is 9.94. The first-order valence-corrected chi connectivity index (χ1v) is 32.1. The topological polar surface area (TPSA) is 507 Å². The molecule has 18 N–H and O–H groups in total. The molecular formula is C58H95N15O18S. The van der Waals surface area contributed by atoms with Gasteiger partial charge < -0.3 is 85.1 Å². The molecule has 2 aliphatic heterocycles. The SMILES string of the molecule is CC[C@H](C)[C@H](NC(=O)[C@@H](Cc1ccccc1)NC)C(=O)N[C@@H](CO)C(=O)N[C@H](CCC(N)=O)C(=O)N[C@@H](C(=O)N[C@H](C(=O)N[C@@H](COS(=O)(=O)O)C(=O)N[C@H]1C(=O)N[C@@H](C)C(=O)N[C@@H](C[C@H]2CN=C(N)N2)C(=O)N[C@@H]([C@@H](C)CC)C(=O)O[C@H]1C)[C@@H](C)CC)[C@@H](C)CC. The number of amides is 11. The molecule has 17 atom stereocenters. The molecule has 3 rings (SSSR count). The number of ether oxygens (including phenoxy) is 1. The number of rotatable bonds is 34. The van der Waals surface area contributed by atoms with Gasteiger partial charge in [-0.25, -0.2) is 8.98 Å². The molecule has 516 valence electrons. The van der Waals surface area contributed by atoms with E-state index in [9.17, 15) is 75.6 Å². The van der Waals surface area contributed by atoms with Gasteiger partial charge in [-0.1, -0.05) is 111 Å². The highest BCUT2D eigenvalue weighted by Gasteiger charge is 2.42. The van der Waals surface area contributed by atoms with E-state index in [1.54, 1.807) is 55.5 Å². The van der Waals surface area contributed by atoms with E-state index in [-0.39, 0.29) is 38.2 Å². The molecule has 11 amide bonds. The van der Waals surface area contributed by atoms with Crippen molar-refractivity contribution < 1.29 is 84.5 Å². The number of aliphatic imine (C=N–C) groups is 1. The first-order valence-electron chi connectivity index (χ1n) is 30.8. The molecule has 2 heterocycles. The highest BCUT2D eigenvalue weighted by molar-refractivity contribution is 7.80. The van der Waals surface area contributed by atoms with Gasteiger partial charge in [-0.3, -0.25) is 62.3 Å². The number of nitrogens with one attached hydrogen (secondary N) is 12. The zero-order valence-electron chi connectivity index (χ0n) is 53.9. The minimum Gasteiger partial charge on any atom is -0.458 e. The second-order valence-corrected chi connectivity index (χ2v) is 24.4. The van der Waals surface area contributed by atoms with Gasteiger partial charge in [0.2, 0.25) is 65.0 Å². The van der Waals surface area contributed by atoms with Gasteiger partial charge in [-0.15, -0.1) is 0 Å². The Balaban J connectivity index is 1.93. The number of aliphatic hydroxyl groups excluding tert-OH is 1. The molecule has 0 aliphatic carbocycles. The summed E-state index contributed by atoms with van der Waals surface area (Å²) >= 11 is 0. The van der Waals surface area contributed by atoms with E-state index in [2.05, 4.69) is 73.0 Å². The third-order valence-electron chi connectivity index (χ3n) is 16.3. The Morgan fingerprint density at radius 2 is 1.18 bits per heavy atom. The summed E-state index contributed by atoms with van der Waals surface area (Å²) in [5.41, 5.74) is 12.1. The van der Waals surface area contributed by atoms with Crippen LogP contribution in [0.5, 0.6) is 0 Å². The molecule has 0 radical (unpaired) electrons. The normalized spacial score (nSPS) is 22.4. The van der Waals surface area contributed by atoms with E-state index < -0.39 is 210 Å². The first kappa shape index (κ1) is 78.2. The fourth-order valence-electron chi connectivity index (χ4n) is 9.64. The summed E-state index contributed by atoms with van der Waals surface area (Å²) in [5.74, 6) is -14.5. The fraction of sp³-hybridized carbons (Fsp3) is 0.672. The zero-order chi connectivity index (χ0) is 69.3. The quantitative estimate of drug-likeness (QED) is 0.0229. The molecule has 0 spiro atoms. The molecular weight excluding hydrogens is 1230 g/mol. The third kappa shape index (κ3) is 24.5. The van der Waals surface area contributed by atoms with Gasteiger partial charge in [0.1, 0.15) is 66.5 Å². The first-order chi connectivity index (χ1) is 43.2. The zero-order valence-corrected chi connectivity index (χ0v) is 54.7. The minimum absolute atomic E-state index is 0.0615. The van der Waals surface area contributed by atoms with Crippen molar-refractivity contribution in [1.82, 2.24) is 63.8 Å². The molecule has 0 aromatic heterocycles. The van der Waals surface area contributed by atoms with E-state index in [1.807, 2.05) is 30.3 Å². The highest BCUT2D eigenvalue weighted by Crippen LogP contribution is 2.18. The van der Waals surface area contributed by atoms with Crippen molar-refractivity contribution in [1.29, 1.82) is 0 Å². The van der Waals surface area contributed by atoms with Crippen LogP contribution in [0.3, 0.4) is 0 Å². The van der Waals surface area contributed by atoms with Crippen LogP contribution in [0.15, 0.2) is 35.3 Å². The Kier molecular flexibility index (Phi) is 31.8. The average Bonchev–Trinajstić information content (AvgIpc) is 1.30. The van der Waals surface area contributed by atoms with E-state index in [4.69, 9.17) is 16.2 Å². The number of likely N-dealkylation sites (N-methyl/N-ethyl adjacent to an activating group) is 1. The number of primary amides is 1. The highest BCUT2D eigenvalue weighted by atomic mass is 32.3. The van der Waals surface area contributed by atoms with Crippen LogP contribution in [-0.2, 0) is 83.3 Å². The van der Waals surface area contributed by atoms with E-state index in [1.165, 1.54) is 20.8 Å². The molecule has 2 aliphatic rings. The number of hydrogen-bond donors (Lipinski definition) is 16. The molecule has 92 heavy (non-hydrogen) atoms. The molecule has 0 unspecified atom stereocenters. The second kappa shape index (κ2) is 37.4. The van der Waals surface area contributed by atoms with Gasteiger partial charge in [-0.05, 0) is 69.4 Å². The lowest BCUT2D eigenvalue weighted by molar-refractivity contribution is -0.157. The summed E-state index contributed by atoms with van der Waals surface area (Å²) in [6.07, 6.45) is -1.32. The standard InChI is InChI=1S/C58H95N15O18S/c1-12-28(5)42(70-49(78)37(61-11)23-34-19-17-16-18-20-34)53(82)67-39(26-74)51(80)65-36(21-22-41(59)75)48(77)69-44(30(7)14-3)55(84)71-43(29(6)13-2)54(83)68-40(27-90-92(87,88)89)52(81)73-46-33(10)91-57(86)45(31(8)15-4)72-50(79)38(24-35-25-62-58(60)64-35)66-47(76)32(9)63-56(46)85/h16-20,28-33,35-40,42-46,61,74H,12-15,21-27H2,1-11H3,(H2,59,75)(H,63,85)(H,65,80)(H,66,76)(H,67,82)(H,68,83)(H,69,77)(H,70,78)(H,71,84)(H,72,79)(H,73,81)(H3,60,62,64)(H,87,88,89)/t28-,29-,30-,31-,32-,33-,35-,36+,37+,38-,39-,40-,42-,43-,44+,45-,46+/m0/s1. The number of carbonyl (C=O) groups excluding carboxylic acids is 12. The number of cyclic esters (lactones) is 1. The number of carbonyl (C=O) groups is 12. The summed E-state index contributed by atoms with van der Waals surface area (Å²) in [4.78, 5) is 171. The maximum Gasteiger partial charge on any atom is 0.397 e. The number of benzene rings is 1. The molecule has 33 nitrogen and oxygen atoms in total. The summed E-state index contributed by atoms with van der Waals surface area (Å²) in [6, 6.07) is -8.14. The Hall–Kier alpha value is -8.08. The van der Waals surface area contributed by atoms with Crippen LogP contribution in [-0.4, -0.2) is 200 Å². The number of nitrogens with zero attached hydrogens (tertiary/aromatic N) is 1. The van der Waals surface area contributed by atoms with Crippen molar-refractivity contribution in [3.05, 3.63) is 35.9 Å². The monoisotopic (exact) mass is 1320 g/mol. The molecule has 34 heteroatoms. The Labute approximate surface area is 535 Å². The molecule has 1 fully saturated rings. The van der Waals surface area contributed by atoms with Crippen LogP contribution in [0, 0.1) is 23.7 Å². The van der Waals surface area contributed by atoms with Gasteiger partial charge in [0.15, 0.2) is 5.96 Å². The van der Waals surface area contributed by atoms with Gasteiger partial charge in [0, 0.05) is 6.42 Å². The van der Waals surface area contributed by atoms with Crippen LogP contribution < -0.4 is 75.3 Å². The summed E-state index contributed by atoms with van der Waals surface area (Å²) in [5, 5.41) is 41.1. The van der Waals surface area contributed by atoms with Crippen molar-refractivity contribution in [2.45, 2.75) is 199 Å². The lowest BCUT2D eigenvalue weighted by Crippen LogP contribution is -2.63. The number of esters is 1. The number of nitrogens with two attached hydrogens (primary N) is 2. The lowest BCUT2D eigenvalue weighted by Gasteiger charge is -2.31. The van der Waals surface area contributed by atoms with Crippen molar-refractivity contribution in [3.63, 3.8) is 0 Å². The Bertz CT molecular complexity index is 2890. The van der Waals surface area contributed by atoms with Crippen molar-refractivity contribution >= 4 is 87.3 Å². The average molecular weight is 1320 g/mol. The summed E-state index contributed by atoms with van der Waals surface area (Å²) < 4.78 is 43.8. The van der Waals surface area contributed by atoms with Crippen LogP contribution in [0.25, 0.3) is 0 Å². The smallest absolute Gasteiger partial charge is 0.397 e. The third-order valence-corrected chi connectivity index (χ3v) is 16.8. The van der Waals surface area contributed by atoms with Crippen molar-refractivity contribution in [2.75, 3.05) is 26.8 Å². The maximum absolute atomic E-state index is 14.5. The second-order valence-electron chi connectivity index (χ2n) is 23.3. The van der Waals surface area contributed by atoms with E-state index >= 15 is 0 Å². The predicted octanol–water partition coefficient (Wildman–Crippen LogP) is -4.43. The Morgan fingerprint density at radius 3 is 1.67 bits per heavy atom. The molecule has 1 aromatic rings. The maximum atomic E-state index is 14.5. The van der Waals surface area contributed by atoms with Crippen LogP contribution >= 0.6 is 0 Å². The molecule has 0 saturated carbocycles. The van der Waals surface area contributed by atoms with Crippen LogP contribution in [0.4, 0.5) is 0 Å². The predicted molar refractivity (Wildman–Crippen MR) is 332 cm³/mol. The molecule has 1 aromatic carbocycles. The number of aliphatic hydroxyl groups is 1. The van der Waals surface area contributed by atoms with Gasteiger partial charge >= 0.3 is 16.4 Å². The number of hydrogen-bond acceptors (Lipinski definition) is 21. The van der Waals surface area contributed by atoms with E-state index in [0.717, 1.165) is 5.56 Å². The van der Waals surface area contributed by atoms with Crippen LogP contribution in [0.1, 0.15) is 120 Å². The number of guanidine groups is 1. The molecule has 0 bridgehead atoms. The van der Waals surface area contributed by atoms with Crippen LogP contribution in [0.2, 0.25) is 0 Å². The minimum atomic E-state index is -5.37. The largest absolute Gasteiger partial charge is 0.458 e. The summed E-state index contributed by atoms with van der Waals surface area (Å²) in [6.45, 7) is 13.4. The van der Waals surface area contributed by atoms with E-state index in [0.29, 0.717) is 12.8 Å². The molecule has 1 saturated heterocycles. The lowest BCUT2D eigenvalue weighted by atomic mass is 9.94. The van der Waals surface area contributed by atoms with Crippen molar-refractivity contribution in [2.24, 2.45) is 40.1 Å². The summed E-state index contributed by atoms with van der Waals surface area (Å²) in [7, 11) is -3.79. The van der Waals surface area contributed by atoms with Gasteiger partial charge in [0.05, 0.1) is 31.8 Å².